The standard InChI is InChI=1S/C11H19NO2/c1-10(2)8-4-5-11(10,3)7-12(6-8)9(13)14/h8H,4-7H2,1-3H3,(H,13,14)/t8?,11-/m0/s1. The van der Waals surface area contributed by atoms with Crippen LogP contribution in [-0.4, -0.2) is 29.2 Å². The van der Waals surface area contributed by atoms with Crippen LogP contribution < -0.4 is 0 Å². The van der Waals surface area contributed by atoms with Gasteiger partial charge in [0.1, 0.15) is 0 Å². The van der Waals surface area contributed by atoms with Crippen LogP contribution in [0.2, 0.25) is 0 Å². The van der Waals surface area contributed by atoms with Crippen molar-refractivity contribution in [3.05, 3.63) is 0 Å². The van der Waals surface area contributed by atoms with Crippen molar-refractivity contribution in [3.8, 4) is 0 Å². The third kappa shape index (κ3) is 1.07. The van der Waals surface area contributed by atoms with Gasteiger partial charge in [0.05, 0.1) is 0 Å². The van der Waals surface area contributed by atoms with Crippen molar-refractivity contribution in [2.75, 3.05) is 13.1 Å². The molecule has 3 nitrogen and oxygen atoms in total. The van der Waals surface area contributed by atoms with Gasteiger partial charge in [-0.1, -0.05) is 20.8 Å². The molecule has 1 aliphatic heterocycles. The highest BCUT2D eigenvalue weighted by Crippen LogP contribution is 2.58. The summed E-state index contributed by atoms with van der Waals surface area (Å²) < 4.78 is 0. The Kier molecular flexibility index (Phi) is 1.85. The number of nitrogens with zero attached hydrogens (tertiary/aromatic N) is 1. The first-order chi connectivity index (χ1) is 6.37. The van der Waals surface area contributed by atoms with E-state index in [9.17, 15) is 4.79 Å². The van der Waals surface area contributed by atoms with Crippen molar-refractivity contribution in [3.63, 3.8) is 0 Å². The van der Waals surface area contributed by atoms with E-state index in [1.165, 1.54) is 12.8 Å². The normalized spacial score (nSPS) is 39.9. The van der Waals surface area contributed by atoms with Crippen molar-refractivity contribution in [1.82, 2.24) is 4.90 Å². The maximum atomic E-state index is 11.0. The van der Waals surface area contributed by atoms with Gasteiger partial charge >= 0.3 is 6.09 Å². The molecule has 0 spiro atoms. The number of amides is 1. The molecule has 1 unspecified atom stereocenters. The van der Waals surface area contributed by atoms with Crippen molar-refractivity contribution < 1.29 is 9.90 Å². The number of carbonyl (C=O) groups is 1. The smallest absolute Gasteiger partial charge is 0.407 e. The molecule has 1 N–H and O–H groups in total. The van der Waals surface area contributed by atoms with Gasteiger partial charge in [0.15, 0.2) is 0 Å². The zero-order valence-corrected chi connectivity index (χ0v) is 9.21. The molecular formula is C11H19NO2. The van der Waals surface area contributed by atoms with Crippen LogP contribution in [0.5, 0.6) is 0 Å². The molecule has 1 saturated heterocycles. The molecule has 3 heteroatoms. The second-order valence-corrected chi connectivity index (χ2v) is 5.68. The Balaban J connectivity index is 2.27. The first-order valence-corrected chi connectivity index (χ1v) is 5.35. The fourth-order valence-corrected chi connectivity index (χ4v) is 3.17. The molecule has 0 aromatic carbocycles. The highest BCUT2D eigenvalue weighted by atomic mass is 16.4. The summed E-state index contributed by atoms with van der Waals surface area (Å²) in [6, 6.07) is 0. The van der Waals surface area contributed by atoms with Crippen molar-refractivity contribution in [2.45, 2.75) is 33.6 Å². The molecule has 80 valence electrons. The van der Waals surface area contributed by atoms with Gasteiger partial charge in [0.25, 0.3) is 0 Å². The van der Waals surface area contributed by atoms with Crippen LogP contribution in [-0.2, 0) is 0 Å². The van der Waals surface area contributed by atoms with Gasteiger partial charge in [-0.15, -0.1) is 0 Å². The van der Waals surface area contributed by atoms with Crippen LogP contribution in [0.15, 0.2) is 0 Å². The van der Waals surface area contributed by atoms with E-state index in [0.29, 0.717) is 17.9 Å². The predicted molar refractivity (Wildman–Crippen MR) is 54.2 cm³/mol. The van der Waals surface area contributed by atoms with Crippen LogP contribution in [0, 0.1) is 16.7 Å². The Bertz CT molecular complexity index is 274. The molecule has 2 aliphatic rings. The summed E-state index contributed by atoms with van der Waals surface area (Å²) in [6.07, 6.45) is 1.61. The highest BCUT2D eigenvalue weighted by Gasteiger charge is 2.56. The van der Waals surface area contributed by atoms with Crippen molar-refractivity contribution in [1.29, 1.82) is 0 Å². The van der Waals surface area contributed by atoms with Crippen LogP contribution >= 0.6 is 0 Å². The third-order valence-electron chi connectivity index (χ3n) is 4.87. The number of hydrogen-bond donors (Lipinski definition) is 1. The molecule has 2 rings (SSSR count). The minimum absolute atomic E-state index is 0.189. The zero-order chi connectivity index (χ0) is 10.6. The molecule has 0 radical (unpaired) electrons. The van der Waals surface area contributed by atoms with Gasteiger partial charge in [-0.25, -0.2) is 4.79 Å². The number of fused-ring (bicyclic) bond motifs is 2. The van der Waals surface area contributed by atoms with Gasteiger partial charge < -0.3 is 10.0 Å². The van der Waals surface area contributed by atoms with E-state index in [0.717, 1.165) is 6.54 Å². The summed E-state index contributed by atoms with van der Waals surface area (Å²) in [6.45, 7) is 8.28. The summed E-state index contributed by atoms with van der Waals surface area (Å²) in [5, 5.41) is 9.01. The summed E-state index contributed by atoms with van der Waals surface area (Å²) >= 11 is 0. The SMILES string of the molecule is CC1(C)C2CC[C@@]1(C)CN(C(=O)O)C2. The first kappa shape index (κ1) is 9.81. The van der Waals surface area contributed by atoms with Crippen molar-refractivity contribution >= 4 is 6.09 Å². The quantitative estimate of drug-likeness (QED) is 0.648. The topological polar surface area (TPSA) is 40.5 Å². The van der Waals surface area contributed by atoms with Gasteiger partial charge in [0, 0.05) is 13.1 Å². The molecule has 2 bridgehead atoms. The molecule has 1 aliphatic carbocycles. The zero-order valence-electron chi connectivity index (χ0n) is 9.21. The second kappa shape index (κ2) is 2.65. The molecule has 14 heavy (non-hydrogen) atoms. The van der Waals surface area contributed by atoms with Crippen LogP contribution in [0.1, 0.15) is 33.6 Å². The van der Waals surface area contributed by atoms with E-state index in [4.69, 9.17) is 5.11 Å². The van der Waals surface area contributed by atoms with Crippen LogP contribution in [0.3, 0.4) is 0 Å². The summed E-state index contributed by atoms with van der Waals surface area (Å²) in [4.78, 5) is 12.6. The minimum atomic E-state index is -0.751. The average Bonchev–Trinajstić information content (AvgIpc) is 2.24. The number of rotatable bonds is 0. The molecule has 1 amide bonds. The number of carboxylic acid groups (broad SMARTS) is 1. The number of piperidine rings is 1. The maximum absolute atomic E-state index is 11.0. The molecule has 2 fully saturated rings. The van der Waals surface area contributed by atoms with E-state index in [2.05, 4.69) is 20.8 Å². The lowest BCUT2D eigenvalue weighted by atomic mass is 9.63. The lowest BCUT2D eigenvalue weighted by Crippen LogP contribution is -2.53. The fourth-order valence-electron chi connectivity index (χ4n) is 3.17. The van der Waals surface area contributed by atoms with E-state index in [1.807, 2.05) is 0 Å². The van der Waals surface area contributed by atoms with E-state index < -0.39 is 6.09 Å². The molecule has 2 atom stereocenters. The molecule has 1 heterocycles. The lowest BCUT2D eigenvalue weighted by Gasteiger charge is -2.49. The first-order valence-electron chi connectivity index (χ1n) is 5.35. The monoisotopic (exact) mass is 197 g/mol. The Morgan fingerprint density at radius 3 is 2.57 bits per heavy atom. The van der Waals surface area contributed by atoms with E-state index in [1.54, 1.807) is 4.90 Å². The van der Waals surface area contributed by atoms with E-state index >= 15 is 0 Å². The Hall–Kier alpha value is -0.730. The van der Waals surface area contributed by atoms with Gasteiger partial charge in [-0.2, -0.15) is 0 Å². The molecule has 0 aromatic rings. The van der Waals surface area contributed by atoms with Crippen molar-refractivity contribution in [2.24, 2.45) is 16.7 Å². The highest BCUT2D eigenvalue weighted by molar-refractivity contribution is 5.65. The molecular weight excluding hydrogens is 178 g/mol. The van der Waals surface area contributed by atoms with Crippen LogP contribution in [0.4, 0.5) is 4.79 Å². The van der Waals surface area contributed by atoms with Gasteiger partial charge in [0.2, 0.25) is 0 Å². The number of likely N-dealkylation sites (tertiary alicyclic amines) is 1. The maximum Gasteiger partial charge on any atom is 0.407 e. The summed E-state index contributed by atoms with van der Waals surface area (Å²) in [7, 11) is 0. The number of hydrogen-bond acceptors (Lipinski definition) is 1. The Morgan fingerprint density at radius 2 is 2.07 bits per heavy atom. The largest absolute Gasteiger partial charge is 0.465 e. The summed E-state index contributed by atoms with van der Waals surface area (Å²) in [5.41, 5.74) is 0.493. The second-order valence-electron chi connectivity index (χ2n) is 5.68. The fraction of sp³-hybridized carbons (Fsp3) is 0.909. The Labute approximate surface area is 85.1 Å². The third-order valence-corrected chi connectivity index (χ3v) is 4.87. The molecule has 1 saturated carbocycles. The van der Waals surface area contributed by atoms with Gasteiger partial charge in [-0.05, 0) is 29.6 Å². The molecule has 0 aromatic heterocycles. The summed E-state index contributed by atoms with van der Waals surface area (Å²) in [5.74, 6) is 0.553. The van der Waals surface area contributed by atoms with Gasteiger partial charge in [-0.3, -0.25) is 0 Å². The minimum Gasteiger partial charge on any atom is -0.465 e. The predicted octanol–water partition coefficient (Wildman–Crippen LogP) is 2.42. The van der Waals surface area contributed by atoms with E-state index in [-0.39, 0.29) is 5.41 Å². The average molecular weight is 197 g/mol. The van der Waals surface area contributed by atoms with Crippen LogP contribution in [0.25, 0.3) is 0 Å². The lowest BCUT2D eigenvalue weighted by molar-refractivity contribution is -0.0101. The Morgan fingerprint density at radius 1 is 1.43 bits per heavy atom.